The molecule has 1 aliphatic heterocycles. The van der Waals surface area contributed by atoms with E-state index in [2.05, 4.69) is 30.8 Å². The highest BCUT2D eigenvalue weighted by molar-refractivity contribution is 7.89. The summed E-state index contributed by atoms with van der Waals surface area (Å²) in [6, 6.07) is 0. The third-order valence-corrected chi connectivity index (χ3v) is 4.22. The molecule has 0 radical (unpaired) electrons. The fraction of sp³-hybridized carbons (Fsp3) is 1.00. The van der Waals surface area contributed by atoms with Gasteiger partial charge in [0.2, 0.25) is 10.0 Å². The van der Waals surface area contributed by atoms with E-state index in [1.165, 1.54) is 0 Å². The number of sulfonamides is 1. The van der Waals surface area contributed by atoms with Gasteiger partial charge in [-0.1, -0.05) is 20.8 Å². The van der Waals surface area contributed by atoms with Crippen molar-refractivity contribution in [3.8, 4) is 0 Å². The minimum Gasteiger partial charge on any atom is -0.316 e. The molecule has 5 heteroatoms. The van der Waals surface area contributed by atoms with Gasteiger partial charge in [-0.3, -0.25) is 0 Å². The molecule has 0 spiro atoms. The largest absolute Gasteiger partial charge is 0.316 e. The van der Waals surface area contributed by atoms with Crippen molar-refractivity contribution < 1.29 is 8.42 Å². The summed E-state index contributed by atoms with van der Waals surface area (Å²) in [6.45, 7) is 8.70. The number of hydrogen-bond acceptors (Lipinski definition) is 3. The van der Waals surface area contributed by atoms with Crippen molar-refractivity contribution in [2.24, 2.45) is 11.3 Å². The Bertz CT molecular complexity index is 300. The Balaban J connectivity index is 2.28. The Hall–Kier alpha value is -0.130. The summed E-state index contributed by atoms with van der Waals surface area (Å²) in [5.41, 5.74) is 0.0731. The van der Waals surface area contributed by atoms with Gasteiger partial charge < -0.3 is 5.32 Å². The topological polar surface area (TPSA) is 58.2 Å². The lowest BCUT2D eigenvalue weighted by atomic mass is 9.94. The van der Waals surface area contributed by atoms with Crippen LogP contribution in [0, 0.1) is 11.3 Å². The SMILES string of the molecule is CC(C)(C)CCS(=O)(=O)NCC1CCNC1. The number of hydrogen-bond donors (Lipinski definition) is 2. The molecule has 0 saturated carbocycles. The Kier molecular flexibility index (Phi) is 4.76. The second-order valence-electron chi connectivity index (χ2n) is 5.84. The molecule has 1 fully saturated rings. The molecule has 1 atom stereocenters. The monoisotopic (exact) mass is 248 g/mol. The van der Waals surface area contributed by atoms with Gasteiger partial charge in [-0.2, -0.15) is 0 Å². The second-order valence-corrected chi connectivity index (χ2v) is 7.76. The molecule has 0 aromatic heterocycles. The number of rotatable bonds is 5. The average molecular weight is 248 g/mol. The zero-order chi connectivity index (χ0) is 12.2. The highest BCUT2D eigenvalue weighted by Gasteiger charge is 2.20. The summed E-state index contributed by atoms with van der Waals surface area (Å²) in [6.07, 6.45) is 1.77. The minimum atomic E-state index is -3.08. The summed E-state index contributed by atoms with van der Waals surface area (Å²) in [7, 11) is -3.08. The molecule has 1 aliphatic rings. The van der Waals surface area contributed by atoms with Gasteiger partial charge in [-0.15, -0.1) is 0 Å². The third kappa shape index (κ3) is 5.82. The summed E-state index contributed by atoms with van der Waals surface area (Å²) in [5.74, 6) is 0.695. The quantitative estimate of drug-likeness (QED) is 0.761. The molecule has 1 rings (SSSR count). The van der Waals surface area contributed by atoms with Crippen LogP contribution >= 0.6 is 0 Å². The first-order chi connectivity index (χ1) is 7.29. The van der Waals surface area contributed by atoms with E-state index in [1.807, 2.05) is 0 Å². The van der Waals surface area contributed by atoms with E-state index in [-0.39, 0.29) is 11.2 Å². The van der Waals surface area contributed by atoms with Crippen LogP contribution in [-0.2, 0) is 10.0 Å². The lowest BCUT2D eigenvalue weighted by molar-refractivity contribution is 0.396. The van der Waals surface area contributed by atoms with Crippen molar-refractivity contribution in [3.05, 3.63) is 0 Å². The molecule has 1 unspecified atom stereocenters. The highest BCUT2D eigenvalue weighted by Crippen LogP contribution is 2.19. The molecule has 0 aromatic rings. The fourth-order valence-corrected chi connectivity index (χ4v) is 3.16. The van der Waals surface area contributed by atoms with E-state index in [1.54, 1.807) is 0 Å². The maximum Gasteiger partial charge on any atom is 0.211 e. The van der Waals surface area contributed by atoms with Crippen LogP contribution in [-0.4, -0.2) is 33.8 Å². The molecule has 0 aliphatic carbocycles. The van der Waals surface area contributed by atoms with Gasteiger partial charge in [0.1, 0.15) is 0 Å². The van der Waals surface area contributed by atoms with E-state index in [0.717, 1.165) is 19.5 Å². The van der Waals surface area contributed by atoms with Gasteiger partial charge in [0, 0.05) is 6.54 Å². The first-order valence-electron chi connectivity index (χ1n) is 5.97. The summed E-state index contributed by atoms with van der Waals surface area (Å²) < 4.78 is 26.1. The molecule has 16 heavy (non-hydrogen) atoms. The summed E-state index contributed by atoms with van der Waals surface area (Å²) >= 11 is 0. The van der Waals surface area contributed by atoms with Crippen LogP contribution in [0.5, 0.6) is 0 Å². The van der Waals surface area contributed by atoms with Gasteiger partial charge in [0.25, 0.3) is 0 Å². The van der Waals surface area contributed by atoms with Crippen molar-refractivity contribution in [2.45, 2.75) is 33.6 Å². The average Bonchev–Trinajstić information content (AvgIpc) is 2.64. The Labute approximate surface area is 99.2 Å². The predicted octanol–water partition coefficient (Wildman–Crippen LogP) is 0.952. The molecule has 96 valence electrons. The van der Waals surface area contributed by atoms with E-state index < -0.39 is 10.0 Å². The van der Waals surface area contributed by atoms with Crippen LogP contribution in [0.15, 0.2) is 0 Å². The highest BCUT2D eigenvalue weighted by atomic mass is 32.2. The third-order valence-electron chi connectivity index (χ3n) is 2.88. The first kappa shape index (κ1) is 13.9. The molecule has 0 amide bonds. The number of nitrogens with one attached hydrogen (secondary N) is 2. The van der Waals surface area contributed by atoms with Gasteiger partial charge in [0.05, 0.1) is 5.75 Å². The predicted molar refractivity (Wildman–Crippen MR) is 66.8 cm³/mol. The lowest BCUT2D eigenvalue weighted by Gasteiger charge is -2.18. The summed E-state index contributed by atoms with van der Waals surface area (Å²) in [5, 5.41) is 3.23. The van der Waals surface area contributed by atoms with Crippen LogP contribution < -0.4 is 10.0 Å². The molecular formula is C11H24N2O2S. The van der Waals surface area contributed by atoms with Gasteiger partial charge >= 0.3 is 0 Å². The van der Waals surface area contributed by atoms with E-state index in [0.29, 0.717) is 18.9 Å². The summed E-state index contributed by atoms with van der Waals surface area (Å²) in [4.78, 5) is 0. The second kappa shape index (κ2) is 5.47. The van der Waals surface area contributed by atoms with E-state index in [9.17, 15) is 8.42 Å². The van der Waals surface area contributed by atoms with E-state index >= 15 is 0 Å². The first-order valence-corrected chi connectivity index (χ1v) is 7.62. The van der Waals surface area contributed by atoms with Crippen molar-refractivity contribution in [1.82, 2.24) is 10.0 Å². The normalized spacial score (nSPS) is 22.6. The van der Waals surface area contributed by atoms with Gasteiger partial charge in [0.15, 0.2) is 0 Å². The molecule has 0 aromatic carbocycles. The lowest BCUT2D eigenvalue weighted by Crippen LogP contribution is -2.33. The maximum absolute atomic E-state index is 11.7. The van der Waals surface area contributed by atoms with Gasteiger partial charge in [-0.25, -0.2) is 13.1 Å². The van der Waals surface area contributed by atoms with E-state index in [4.69, 9.17) is 0 Å². The standard InChI is InChI=1S/C11H24N2O2S/c1-11(2,3)5-7-16(14,15)13-9-10-4-6-12-8-10/h10,12-13H,4-9H2,1-3H3. The van der Waals surface area contributed by atoms with Crippen molar-refractivity contribution in [2.75, 3.05) is 25.4 Å². The fourth-order valence-electron chi connectivity index (χ4n) is 1.65. The van der Waals surface area contributed by atoms with Crippen LogP contribution in [0.3, 0.4) is 0 Å². The molecule has 1 saturated heterocycles. The molecule has 0 bridgehead atoms. The molecule has 2 N–H and O–H groups in total. The van der Waals surface area contributed by atoms with Gasteiger partial charge in [-0.05, 0) is 37.3 Å². The van der Waals surface area contributed by atoms with Crippen LogP contribution in [0.1, 0.15) is 33.6 Å². The minimum absolute atomic E-state index is 0.0731. The zero-order valence-corrected chi connectivity index (χ0v) is 11.4. The maximum atomic E-state index is 11.7. The van der Waals surface area contributed by atoms with Crippen LogP contribution in [0.4, 0.5) is 0 Å². The Morgan fingerprint density at radius 1 is 1.38 bits per heavy atom. The zero-order valence-electron chi connectivity index (χ0n) is 10.5. The molecule has 1 heterocycles. The van der Waals surface area contributed by atoms with Crippen molar-refractivity contribution >= 4 is 10.0 Å². The Morgan fingerprint density at radius 3 is 2.56 bits per heavy atom. The van der Waals surface area contributed by atoms with Crippen LogP contribution in [0.25, 0.3) is 0 Å². The Morgan fingerprint density at radius 2 is 2.06 bits per heavy atom. The van der Waals surface area contributed by atoms with Crippen LogP contribution in [0.2, 0.25) is 0 Å². The molecular weight excluding hydrogens is 224 g/mol. The smallest absolute Gasteiger partial charge is 0.211 e. The van der Waals surface area contributed by atoms with Crippen molar-refractivity contribution in [3.63, 3.8) is 0 Å². The molecule has 4 nitrogen and oxygen atoms in total. The van der Waals surface area contributed by atoms with Crippen molar-refractivity contribution in [1.29, 1.82) is 0 Å².